The maximum absolute atomic E-state index is 5.21. The van der Waals surface area contributed by atoms with Gasteiger partial charge in [0.05, 0.1) is 15.2 Å². The number of hydrogen-bond donors (Lipinski definition) is 0. The number of hydrogen-bond acceptors (Lipinski definition) is 1. The number of ether oxygens (including phenoxy) is 1. The second-order valence-corrected chi connectivity index (χ2v) is 17.8. The molecular weight excluding hydrogens is 336 g/mol. The van der Waals surface area contributed by atoms with Gasteiger partial charge >= 0.3 is 0 Å². The molecule has 0 unspecified atom stereocenters. The maximum atomic E-state index is 5.21. The molecule has 1 aromatic carbocycles. The quantitative estimate of drug-likeness (QED) is 0.378. The SMILES string of the molecule is C=CCC(C#C[Si](C)(C)C)=C(C#Cc1ccc(OC)cc1)[Si](C)(C)C. The maximum Gasteiger partial charge on any atom is 0.129 e. The Hall–Kier alpha value is -1.95. The van der Waals surface area contributed by atoms with E-state index < -0.39 is 16.1 Å². The van der Waals surface area contributed by atoms with Crippen LogP contribution in [-0.2, 0) is 0 Å². The van der Waals surface area contributed by atoms with Gasteiger partial charge in [0.2, 0.25) is 0 Å². The highest BCUT2D eigenvalue weighted by Gasteiger charge is 2.21. The lowest BCUT2D eigenvalue weighted by Crippen LogP contribution is -2.25. The van der Waals surface area contributed by atoms with Crippen molar-refractivity contribution in [1.82, 2.24) is 0 Å². The van der Waals surface area contributed by atoms with E-state index in [1.54, 1.807) is 7.11 Å². The van der Waals surface area contributed by atoms with Crippen molar-refractivity contribution in [3.8, 4) is 29.1 Å². The summed E-state index contributed by atoms with van der Waals surface area (Å²) in [5, 5.41) is 1.23. The van der Waals surface area contributed by atoms with Crippen molar-refractivity contribution in [2.24, 2.45) is 0 Å². The van der Waals surface area contributed by atoms with E-state index in [2.05, 4.69) is 69.2 Å². The molecule has 0 spiro atoms. The Labute approximate surface area is 156 Å². The van der Waals surface area contributed by atoms with Crippen LogP contribution < -0.4 is 4.74 Å². The highest BCUT2D eigenvalue weighted by atomic mass is 28.3. The van der Waals surface area contributed by atoms with Gasteiger partial charge in [-0.1, -0.05) is 63.1 Å². The zero-order valence-electron chi connectivity index (χ0n) is 16.7. The van der Waals surface area contributed by atoms with Crippen LogP contribution in [0.2, 0.25) is 39.3 Å². The molecule has 0 aliphatic rings. The second-order valence-electron chi connectivity index (χ2n) is 8.07. The molecule has 0 saturated carbocycles. The third-order valence-corrected chi connectivity index (χ3v) is 6.21. The molecule has 0 heterocycles. The standard InChI is InChI=1S/C22H30OSi2/c1-9-10-20(17-18-24(3,4)5)22(25(6,7)8)16-13-19-11-14-21(23-2)15-12-19/h9,11-12,14-15H,1,10H2,2-8H3. The molecular formula is C22H30OSi2. The average Bonchev–Trinajstić information content (AvgIpc) is 2.51. The molecule has 0 aliphatic heterocycles. The van der Waals surface area contributed by atoms with Gasteiger partial charge in [0.25, 0.3) is 0 Å². The lowest BCUT2D eigenvalue weighted by atomic mass is 10.1. The second kappa shape index (κ2) is 8.95. The summed E-state index contributed by atoms with van der Waals surface area (Å²) in [6, 6.07) is 7.87. The van der Waals surface area contributed by atoms with Crippen LogP contribution in [0, 0.1) is 23.3 Å². The summed E-state index contributed by atoms with van der Waals surface area (Å²) >= 11 is 0. The molecule has 0 atom stereocenters. The molecule has 0 saturated heterocycles. The molecule has 0 radical (unpaired) electrons. The summed E-state index contributed by atoms with van der Waals surface area (Å²) in [7, 11) is -1.36. The first kappa shape index (κ1) is 21.1. The van der Waals surface area contributed by atoms with Gasteiger partial charge in [-0.15, -0.1) is 12.1 Å². The van der Waals surface area contributed by atoms with E-state index in [1.165, 1.54) is 5.20 Å². The first-order valence-electron chi connectivity index (χ1n) is 8.60. The Morgan fingerprint density at radius 2 is 1.64 bits per heavy atom. The lowest BCUT2D eigenvalue weighted by molar-refractivity contribution is 0.415. The Bertz CT molecular complexity index is 749. The van der Waals surface area contributed by atoms with Crippen LogP contribution in [0.3, 0.4) is 0 Å². The van der Waals surface area contributed by atoms with Crippen molar-refractivity contribution in [3.63, 3.8) is 0 Å². The molecule has 1 nitrogen and oxygen atoms in total. The Morgan fingerprint density at radius 3 is 2.08 bits per heavy atom. The van der Waals surface area contributed by atoms with Crippen LogP contribution in [0.1, 0.15) is 12.0 Å². The van der Waals surface area contributed by atoms with Gasteiger partial charge in [0.15, 0.2) is 0 Å². The summed E-state index contributed by atoms with van der Waals surface area (Å²) in [6.07, 6.45) is 2.72. The van der Waals surface area contributed by atoms with Gasteiger partial charge < -0.3 is 4.74 Å². The molecule has 0 bridgehead atoms. The predicted molar refractivity (Wildman–Crippen MR) is 116 cm³/mol. The number of rotatable bonds is 4. The molecule has 0 N–H and O–H groups in total. The summed E-state index contributed by atoms with van der Waals surface area (Å²) in [4.78, 5) is 0. The number of benzene rings is 1. The van der Waals surface area contributed by atoms with E-state index in [1.807, 2.05) is 30.3 Å². The third-order valence-electron chi connectivity index (χ3n) is 3.41. The highest BCUT2D eigenvalue weighted by Crippen LogP contribution is 2.21. The monoisotopic (exact) mass is 366 g/mol. The molecule has 132 valence electrons. The molecule has 25 heavy (non-hydrogen) atoms. The van der Waals surface area contributed by atoms with Gasteiger partial charge in [0, 0.05) is 11.1 Å². The molecule has 0 fully saturated rings. The Balaban J connectivity index is 3.41. The minimum atomic E-state index is -1.61. The third kappa shape index (κ3) is 7.65. The fourth-order valence-electron chi connectivity index (χ4n) is 2.15. The minimum Gasteiger partial charge on any atom is -0.497 e. The Kier molecular flexibility index (Phi) is 7.55. The van der Waals surface area contributed by atoms with Crippen molar-refractivity contribution < 1.29 is 4.74 Å². The van der Waals surface area contributed by atoms with Gasteiger partial charge in [-0.05, 0) is 35.9 Å². The van der Waals surface area contributed by atoms with Gasteiger partial charge in [-0.3, -0.25) is 0 Å². The molecule has 1 aromatic rings. The van der Waals surface area contributed by atoms with Crippen LogP contribution in [-0.4, -0.2) is 23.3 Å². The van der Waals surface area contributed by atoms with Crippen molar-refractivity contribution >= 4 is 16.1 Å². The Morgan fingerprint density at radius 1 is 1.04 bits per heavy atom. The first-order chi connectivity index (χ1) is 11.6. The summed E-state index contributed by atoms with van der Waals surface area (Å²) in [5.41, 5.74) is 5.64. The summed E-state index contributed by atoms with van der Waals surface area (Å²) in [5.74, 6) is 11.1. The van der Waals surface area contributed by atoms with E-state index in [-0.39, 0.29) is 0 Å². The van der Waals surface area contributed by atoms with Gasteiger partial charge in [-0.25, -0.2) is 0 Å². The fraction of sp³-hybridized carbons (Fsp3) is 0.364. The van der Waals surface area contributed by atoms with Crippen LogP contribution in [0.25, 0.3) is 0 Å². The summed E-state index contributed by atoms with van der Waals surface area (Å²) < 4.78 is 5.21. The van der Waals surface area contributed by atoms with Crippen LogP contribution in [0.5, 0.6) is 5.75 Å². The van der Waals surface area contributed by atoms with Crippen molar-refractivity contribution in [3.05, 3.63) is 53.3 Å². The number of methoxy groups -OCH3 is 1. The van der Waals surface area contributed by atoms with Gasteiger partial charge in [-0.2, -0.15) is 0 Å². The molecule has 0 aliphatic carbocycles. The fourth-order valence-corrected chi connectivity index (χ4v) is 4.18. The molecule has 3 heteroatoms. The molecule has 1 rings (SSSR count). The zero-order chi connectivity index (χ0) is 19.1. The van der Waals surface area contributed by atoms with Crippen LogP contribution >= 0.6 is 0 Å². The van der Waals surface area contributed by atoms with E-state index in [0.29, 0.717) is 0 Å². The topological polar surface area (TPSA) is 9.23 Å². The van der Waals surface area contributed by atoms with E-state index in [0.717, 1.165) is 23.3 Å². The molecule has 0 amide bonds. The van der Waals surface area contributed by atoms with E-state index in [9.17, 15) is 0 Å². The smallest absolute Gasteiger partial charge is 0.129 e. The normalized spacial score (nSPS) is 12.1. The number of allylic oxidation sites excluding steroid dienone is 3. The average molecular weight is 367 g/mol. The van der Waals surface area contributed by atoms with Crippen LogP contribution in [0.4, 0.5) is 0 Å². The van der Waals surface area contributed by atoms with Crippen molar-refractivity contribution in [2.45, 2.75) is 45.7 Å². The lowest BCUT2D eigenvalue weighted by Gasteiger charge is -2.18. The minimum absolute atomic E-state index is 0.786. The van der Waals surface area contributed by atoms with E-state index in [4.69, 9.17) is 4.74 Å². The predicted octanol–water partition coefficient (Wildman–Crippen LogP) is 5.68. The molecule has 0 aromatic heterocycles. The van der Waals surface area contributed by atoms with Crippen LogP contribution in [0.15, 0.2) is 47.7 Å². The first-order valence-corrected chi connectivity index (χ1v) is 15.6. The van der Waals surface area contributed by atoms with Gasteiger partial charge in [0.1, 0.15) is 13.8 Å². The zero-order valence-corrected chi connectivity index (χ0v) is 18.7. The largest absolute Gasteiger partial charge is 0.497 e. The van der Waals surface area contributed by atoms with Crippen molar-refractivity contribution in [1.29, 1.82) is 0 Å². The van der Waals surface area contributed by atoms with Crippen molar-refractivity contribution in [2.75, 3.05) is 7.11 Å². The van der Waals surface area contributed by atoms with E-state index >= 15 is 0 Å². The highest BCUT2D eigenvalue weighted by molar-refractivity contribution is 6.85. The summed E-state index contributed by atoms with van der Waals surface area (Å²) in [6.45, 7) is 17.7.